The summed E-state index contributed by atoms with van der Waals surface area (Å²) in [6.45, 7) is 0. The fourth-order valence-corrected chi connectivity index (χ4v) is 1.67. The van der Waals surface area contributed by atoms with Crippen molar-refractivity contribution >= 4 is 11.6 Å². The van der Waals surface area contributed by atoms with Crippen molar-refractivity contribution in [3.8, 4) is 5.75 Å². The van der Waals surface area contributed by atoms with Gasteiger partial charge in [0.05, 0.1) is 13.5 Å². The fraction of sp³-hybridized carbons (Fsp3) is 0.133. The second-order valence-electron chi connectivity index (χ2n) is 4.08. The quantitative estimate of drug-likeness (QED) is 0.916. The molecule has 0 aliphatic rings. The van der Waals surface area contributed by atoms with Crippen LogP contribution in [-0.4, -0.2) is 13.0 Å². The molecule has 98 valence electrons. The lowest BCUT2D eigenvalue weighted by atomic mass is 10.1. The van der Waals surface area contributed by atoms with Gasteiger partial charge in [0.15, 0.2) is 0 Å². The Morgan fingerprint density at radius 2 is 1.74 bits per heavy atom. The highest BCUT2D eigenvalue weighted by atomic mass is 19.1. The molecule has 0 spiro atoms. The van der Waals surface area contributed by atoms with Gasteiger partial charge in [-0.15, -0.1) is 0 Å². The van der Waals surface area contributed by atoms with Crippen LogP contribution >= 0.6 is 0 Å². The Morgan fingerprint density at radius 3 is 2.32 bits per heavy atom. The minimum absolute atomic E-state index is 0.142. The van der Waals surface area contributed by atoms with E-state index in [2.05, 4.69) is 5.32 Å². The molecule has 19 heavy (non-hydrogen) atoms. The maximum atomic E-state index is 12.7. The summed E-state index contributed by atoms with van der Waals surface area (Å²) in [7, 11) is 1.59. The van der Waals surface area contributed by atoms with Crippen molar-refractivity contribution in [1.29, 1.82) is 0 Å². The third-order valence-electron chi connectivity index (χ3n) is 2.65. The molecule has 0 bridgehead atoms. The maximum Gasteiger partial charge on any atom is 0.228 e. The van der Waals surface area contributed by atoms with E-state index in [0.717, 1.165) is 11.3 Å². The van der Waals surface area contributed by atoms with Gasteiger partial charge in [0.1, 0.15) is 11.6 Å². The number of benzene rings is 2. The number of methoxy groups -OCH3 is 1. The number of amides is 1. The second-order valence-corrected chi connectivity index (χ2v) is 4.08. The van der Waals surface area contributed by atoms with Crippen molar-refractivity contribution in [1.82, 2.24) is 0 Å². The Balaban J connectivity index is 1.95. The zero-order valence-corrected chi connectivity index (χ0v) is 10.5. The van der Waals surface area contributed by atoms with Crippen LogP contribution in [0.25, 0.3) is 0 Å². The van der Waals surface area contributed by atoms with Crippen LogP contribution in [0.15, 0.2) is 48.5 Å². The van der Waals surface area contributed by atoms with E-state index in [9.17, 15) is 9.18 Å². The van der Waals surface area contributed by atoms with Crippen LogP contribution in [0.1, 0.15) is 5.56 Å². The molecule has 1 amide bonds. The summed E-state index contributed by atoms with van der Waals surface area (Å²) in [4.78, 5) is 11.8. The number of ether oxygens (including phenoxy) is 1. The van der Waals surface area contributed by atoms with Gasteiger partial charge >= 0.3 is 0 Å². The van der Waals surface area contributed by atoms with Gasteiger partial charge in [-0.3, -0.25) is 4.79 Å². The SMILES string of the molecule is COc1ccc(CC(=O)Nc2ccc(F)cc2)cc1. The second kappa shape index (κ2) is 6.00. The number of halogens is 1. The van der Waals surface area contributed by atoms with Crippen molar-refractivity contribution < 1.29 is 13.9 Å². The lowest BCUT2D eigenvalue weighted by molar-refractivity contribution is -0.115. The maximum absolute atomic E-state index is 12.7. The fourth-order valence-electron chi connectivity index (χ4n) is 1.67. The Labute approximate surface area is 111 Å². The first-order valence-corrected chi connectivity index (χ1v) is 5.86. The number of anilines is 1. The summed E-state index contributed by atoms with van der Waals surface area (Å²) in [6.07, 6.45) is 0.265. The van der Waals surface area contributed by atoms with Gasteiger partial charge in [0.2, 0.25) is 5.91 Å². The number of carbonyl (C=O) groups excluding carboxylic acids is 1. The summed E-state index contributed by atoms with van der Waals surface area (Å²) in [6, 6.07) is 13.0. The predicted octanol–water partition coefficient (Wildman–Crippen LogP) is 3.02. The first-order chi connectivity index (χ1) is 9.17. The van der Waals surface area contributed by atoms with Crippen LogP contribution in [0.4, 0.5) is 10.1 Å². The Kier molecular flexibility index (Phi) is 4.13. The molecule has 0 unspecified atom stereocenters. The van der Waals surface area contributed by atoms with Crippen LogP contribution in [0, 0.1) is 5.82 Å². The molecule has 0 saturated carbocycles. The summed E-state index contributed by atoms with van der Waals surface area (Å²) in [5.74, 6) is 0.285. The summed E-state index contributed by atoms with van der Waals surface area (Å²) in [5, 5.41) is 2.71. The molecular formula is C15H14FNO2. The van der Waals surface area contributed by atoms with E-state index in [1.165, 1.54) is 24.3 Å². The topological polar surface area (TPSA) is 38.3 Å². The molecule has 1 N–H and O–H groups in total. The minimum Gasteiger partial charge on any atom is -0.497 e. The molecule has 0 saturated heterocycles. The van der Waals surface area contributed by atoms with Crippen LogP contribution in [-0.2, 0) is 11.2 Å². The lowest BCUT2D eigenvalue weighted by Gasteiger charge is -2.06. The van der Waals surface area contributed by atoms with E-state index < -0.39 is 0 Å². The summed E-state index contributed by atoms with van der Waals surface area (Å²) < 4.78 is 17.8. The lowest BCUT2D eigenvalue weighted by Crippen LogP contribution is -2.14. The van der Waals surface area contributed by atoms with Gasteiger partial charge in [-0.2, -0.15) is 0 Å². The van der Waals surface area contributed by atoms with E-state index in [1.807, 2.05) is 12.1 Å². The van der Waals surface area contributed by atoms with Crippen molar-refractivity contribution in [3.63, 3.8) is 0 Å². The number of nitrogens with one attached hydrogen (secondary N) is 1. The highest BCUT2D eigenvalue weighted by Gasteiger charge is 2.04. The van der Waals surface area contributed by atoms with E-state index in [0.29, 0.717) is 5.69 Å². The highest BCUT2D eigenvalue weighted by Crippen LogP contribution is 2.13. The third kappa shape index (κ3) is 3.81. The van der Waals surface area contributed by atoms with Gasteiger partial charge in [-0.1, -0.05) is 12.1 Å². The van der Waals surface area contributed by atoms with Crippen LogP contribution in [0.2, 0.25) is 0 Å². The first-order valence-electron chi connectivity index (χ1n) is 5.86. The average Bonchev–Trinajstić information content (AvgIpc) is 2.42. The van der Waals surface area contributed by atoms with Crippen LogP contribution in [0.3, 0.4) is 0 Å². The Bertz CT molecular complexity index is 549. The van der Waals surface area contributed by atoms with Gasteiger partial charge in [-0.05, 0) is 42.0 Å². The molecule has 0 radical (unpaired) electrons. The van der Waals surface area contributed by atoms with E-state index >= 15 is 0 Å². The van der Waals surface area contributed by atoms with Crippen molar-refractivity contribution in [2.75, 3.05) is 12.4 Å². The summed E-state index contributed by atoms with van der Waals surface area (Å²) in [5.41, 5.74) is 1.47. The predicted molar refractivity (Wildman–Crippen MR) is 71.7 cm³/mol. The van der Waals surface area contributed by atoms with Gasteiger partial charge < -0.3 is 10.1 Å². The molecule has 3 nitrogen and oxygen atoms in total. The Morgan fingerprint density at radius 1 is 1.11 bits per heavy atom. The molecule has 0 aliphatic heterocycles. The molecular weight excluding hydrogens is 245 g/mol. The summed E-state index contributed by atoms with van der Waals surface area (Å²) >= 11 is 0. The van der Waals surface area contributed by atoms with Crippen LogP contribution in [0.5, 0.6) is 5.75 Å². The molecule has 2 aromatic carbocycles. The molecule has 0 aromatic heterocycles. The zero-order valence-electron chi connectivity index (χ0n) is 10.5. The standard InChI is InChI=1S/C15H14FNO2/c1-19-14-8-2-11(3-9-14)10-15(18)17-13-6-4-12(16)5-7-13/h2-9H,10H2,1H3,(H,17,18). The molecule has 4 heteroatoms. The van der Waals surface area contributed by atoms with Gasteiger partial charge in [-0.25, -0.2) is 4.39 Å². The molecule has 2 rings (SSSR count). The Hall–Kier alpha value is -2.36. The smallest absolute Gasteiger partial charge is 0.228 e. The largest absolute Gasteiger partial charge is 0.497 e. The van der Waals surface area contributed by atoms with Crippen LogP contribution < -0.4 is 10.1 Å². The average molecular weight is 259 g/mol. The monoisotopic (exact) mass is 259 g/mol. The number of hydrogen-bond acceptors (Lipinski definition) is 2. The number of carbonyl (C=O) groups is 1. The third-order valence-corrected chi connectivity index (χ3v) is 2.65. The first kappa shape index (κ1) is 13.1. The molecule has 0 aliphatic carbocycles. The van der Waals surface area contributed by atoms with E-state index in [1.54, 1.807) is 19.2 Å². The van der Waals surface area contributed by atoms with E-state index in [4.69, 9.17) is 4.74 Å². The minimum atomic E-state index is -0.326. The normalized spacial score (nSPS) is 10.0. The highest BCUT2D eigenvalue weighted by molar-refractivity contribution is 5.92. The van der Waals surface area contributed by atoms with Crippen molar-refractivity contribution in [2.45, 2.75) is 6.42 Å². The van der Waals surface area contributed by atoms with Crippen molar-refractivity contribution in [3.05, 3.63) is 59.9 Å². The molecule has 0 fully saturated rings. The van der Waals surface area contributed by atoms with Gasteiger partial charge in [0, 0.05) is 5.69 Å². The molecule has 0 heterocycles. The molecule has 0 atom stereocenters. The number of rotatable bonds is 4. The molecule has 2 aromatic rings. The zero-order chi connectivity index (χ0) is 13.7. The number of hydrogen-bond donors (Lipinski definition) is 1. The van der Waals surface area contributed by atoms with Gasteiger partial charge in [0.25, 0.3) is 0 Å². The van der Waals surface area contributed by atoms with Crippen molar-refractivity contribution in [2.24, 2.45) is 0 Å². The van der Waals surface area contributed by atoms with E-state index in [-0.39, 0.29) is 18.1 Å².